The maximum Gasteiger partial charge on any atom is 0.243 e. The zero-order valence-corrected chi connectivity index (χ0v) is 13.8. The van der Waals surface area contributed by atoms with Gasteiger partial charge in [-0.1, -0.05) is 24.3 Å². The molecule has 1 amide bonds. The number of phenols is 2. The van der Waals surface area contributed by atoms with E-state index in [1.165, 1.54) is 31.4 Å². The molecule has 2 aromatic rings. The molecule has 0 bridgehead atoms. The fourth-order valence-corrected chi connectivity index (χ4v) is 2.22. The lowest BCUT2D eigenvalue weighted by Gasteiger charge is -2.11. The highest BCUT2D eigenvalue weighted by atomic mass is 16.5. The fourth-order valence-electron chi connectivity index (χ4n) is 2.22. The number of hydrogen-bond acceptors (Lipinski definition) is 5. The summed E-state index contributed by atoms with van der Waals surface area (Å²) in [5.74, 6) is 0.251. The Balaban J connectivity index is 1.81. The maximum atomic E-state index is 11.8. The second-order valence-corrected chi connectivity index (χ2v) is 5.47. The van der Waals surface area contributed by atoms with Crippen LogP contribution in [0.2, 0.25) is 0 Å². The lowest BCUT2D eigenvalue weighted by Crippen LogP contribution is -2.26. The third-order valence-corrected chi connectivity index (χ3v) is 3.61. The number of aromatic hydroxyl groups is 2. The lowest BCUT2D eigenvalue weighted by atomic mass is 10.1. The molecule has 0 aliphatic carbocycles. The summed E-state index contributed by atoms with van der Waals surface area (Å²) in [5.41, 5.74) is 1.50. The van der Waals surface area contributed by atoms with Crippen molar-refractivity contribution in [2.75, 3.05) is 13.7 Å². The molecule has 2 rings (SSSR count). The number of carbonyl (C=O) groups excluding carboxylic acids is 1. The molecule has 2 aromatic carbocycles. The van der Waals surface area contributed by atoms with E-state index in [1.807, 2.05) is 0 Å². The highest BCUT2D eigenvalue weighted by Gasteiger charge is 2.08. The number of nitrogens with one attached hydrogen (secondary N) is 1. The molecule has 0 spiro atoms. The van der Waals surface area contributed by atoms with Crippen LogP contribution in [-0.4, -0.2) is 34.9 Å². The highest BCUT2D eigenvalue weighted by Crippen LogP contribution is 2.26. The Morgan fingerprint density at radius 2 is 1.92 bits per heavy atom. The number of allylic oxidation sites excluding steroid dienone is 1. The summed E-state index contributed by atoms with van der Waals surface area (Å²) in [5, 5.41) is 31.3. The highest BCUT2D eigenvalue weighted by molar-refractivity contribution is 5.87. The van der Waals surface area contributed by atoms with E-state index in [0.717, 1.165) is 5.56 Å². The Kier molecular flexibility index (Phi) is 6.42. The molecule has 0 saturated carbocycles. The minimum atomic E-state index is -0.848. The second-order valence-electron chi connectivity index (χ2n) is 5.47. The van der Waals surface area contributed by atoms with Gasteiger partial charge in [0.2, 0.25) is 5.91 Å². The molecule has 6 nitrogen and oxygen atoms in total. The number of rotatable bonds is 7. The number of methoxy groups -OCH3 is 1. The van der Waals surface area contributed by atoms with Crippen LogP contribution in [0, 0.1) is 0 Å². The number of hydrogen-bond donors (Lipinski definition) is 4. The first-order chi connectivity index (χ1) is 12.0. The van der Waals surface area contributed by atoms with Crippen molar-refractivity contribution in [1.29, 1.82) is 0 Å². The molecule has 6 heteroatoms. The van der Waals surface area contributed by atoms with Gasteiger partial charge < -0.3 is 25.4 Å². The van der Waals surface area contributed by atoms with Crippen molar-refractivity contribution >= 4 is 5.91 Å². The smallest absolute Gasteiger partial charge is 0.243 e. The summed E-state index contributed by atoms with van der Waals surface area (Å²) in [6.07, 6.45) is 2.74. The van der Waals surface area contributed by atoms with Crippen LogP contribution in [0.1, 0.15) is 17.2 Å². The number of amides is 1. The molecule has 1 atom stereocenters. The molecule has 0 aliphatic rings. The first-order valence-corrected chi connectivity index (χ1v) is 7.77. The normalized spacial score (nSPS) is 12.1. The molecule has 0 aromatic heterocycles. The summed E-state index contributed by atoms with van der Waals surface area (Å²) in [6.45, 7) is 0.0704. The van der Waals surface area contributed by atoms with E-state index in [-0.39, 0.29) is 24.0 Å². The number of aliphatic hydroxyl groups is 1. The third-order valence-electron chi connectivity index (χ3n) is 3.61. The topological polar surface area (TPSA) is 99.0 Å². The molecular weight excluding hydrogens is 322 g/mol. The van der Waals surface area contributed by atoms with Gasteiger partial charge in [0.1, 0.15) is 5.75 Å². The number of aliphatic hydroxyl groups excluding tert-OH is 1. The minimum absolute atomic E-state index is 0.0659. The van der Waals surface area contributed by atoms with Crippen molar-refractivity contribution < 1.29 is 24.9 Å². The number of benzene rings is 2. The molecule has 132 valence electrons. The van der Waals surface area contributed by atoms with Crippen molar-refractivity contribution in [2.24, 2.45) is 0 Å². The summed E-state index contributed by atoms with van der Waals surface area (Å²) < 4.78 is 5.03. The maximum absolute atomic E-state index is 11.8. The predicted molar refractivity (Wildman–Crippen MR) is 93.6 cm³/mol. The first kappa shape index (κ1) is 18.4. The summed E-state index contributed by atoms with van der Waals surface area (Å²) >= 11 is 0. The quantitative estimate of drug-likeness (QED) is 0.577. The average molecular weight is 343 g/mol. The predicted octanol–water partition coefficient (Wildman–Crippen LogP) is 2.05. The van der Waals surface area contributed by atoms with E-state index >= 15 is 0 Å². The van der Waals surface area contributed by atoms with Gasteiger partial charge in [-0.05, 0) is 47.9 Å². The molecule has 25 heavy (non-hydrogen) atoms. The van der Waals surface area contributed by atoms with Crippen LogP contribution in [0.4, 0.5) is 0 Å². The largest absolute Gasteiger partial charge is 0.508 e. The monoisotopic (exact) mass is 343 g/mol. The van der Waals surface area contributed by atoms with Gasteiger partial charge in [0, 0.05) is 6.54 Å². The van der Waals surface area contributed by atoms with Crippen LogP contribution < -0.4 is 10.1 Å². The second kappa shape index (κ2) is 8.75. The Morgan fingerprint density at radius 3 is 2.60 bits per heavy atom. The van der Waals surface area contributed by atoms with Crippen LogP contribution in [-0.2, 0) is 11.2 Å². The molecule has 0 heterocycles. The van der Waals surface area contributed by atoms with Gasteiger partial charge in [0.05, 0.1) is 13.2 Å². The van der Waals surface area contributed by atoms with Gasteiger partial charge in [0.15, 0.2) is 11.5 Å². The van der Waals surface area contributed by atoms with Crippen molar-refractivity contribution in [3.63, 3.8) is 0 Å². The van der Waals surface area contributed by atoms with Gasteiger partial charge in [-0.2, -0.15) is 0 Å². The van der Waals surface area contributed by atoms with Crippen LogP contribution in [0.15, 0.2) is 54.6 Å². The van der Waals surface area contributed by atoms with Gasteiger partial charge in [-0.15, -0.1) is 0 Å². The first-order valence-electron chi connectivity index (χ1n) is 7.77. The van der Waals surface area contributed by atoms with Crippen LogP contribution in [0.3, 0.4) is 0 Å². The minimum Gasteiger partial charge on any atom is -0.508 e. The van der Waals surface area contributed by atoms with Crippen LogP contribution in [0.5, 0.6) is 17.2 Å². The third kappa shape index (κ3) is 5.54. The standard InChI is InChI=1S/C19H21NO5/c1-25-18-11-13(5-10-16(18)22)3-2-4-19(24)20-12-17(23)14-6-8-15(21)9-7-14/h2,4-11,17,21-23H,3,12H2,1H3,(H,20,24)/t17-/m0/s1. The van der Waals surface area contributed by atoms with Gasteiger partial charge in [0.25, 0.3) is 0 Å². The Morgan fingerprint density at radius 1 is 1.20 bits per heavy atom. The van der Waals surface area contributed by atoms with Gasteiger partial charge in [-0.3, -0.25) is 4.79 Å². The van der Waals surface area contributed by atoms with E-state index in [1.54, 1.807) is 30.3 Å². The zero-order valence-electron chi connectivity index (χ0n) is 13.8. The summed E-state index contributed by atoms with van der Waals surface area (Å²) in [4.78, 5) is 11.8. The van der Waals surface area contributed by atoms with E-state index in [9.17, 15) is 20.1 Å². The zero-order chi connectivity index (χ0) is 18.2. The molecule has 0 fully saturated rings. The van der Waals surface area contributed by atoms with Crippen molar-refractivity contribution in [3.05, 3.63) is 65.7 Å². The van der Waals surface area contributed by atoms with Crippen LogP contribution in [0.25, 0.3) is 0 Å². The SMILES string of the molecule is COc1cc(CC=CC(=O)NC[C@H](O)c2ccc(O)cc2)ccc1O. The Hall–Kier alpha value is -2.99. The summed E-state index contributed by atoms with van der Waals surface area (Å²) in [6, 6.07) is 11.1. The van der Waals surface area contributed by atoms with E-state index < -0.39 is 6.10 Å². The number of phenolic OH excluding ortho intramolecular Hbond substituents is 2. The lowest BCUT2D eigenvalue weighted by molar-refractivity contribution is -0.117. The Bertz CT molecular complexity index is 740. The van der Waals surface area contributed by atoms with Crippen molar-refractivity contribution in [1.82, 2.24) is 5.32 Å². The van der Waals surface area contributed by atoms with Gasteiger partial charge in [-0.25, -0.2) is 0 Å². The van der Waals surface area contributed by atoms with Gasteiger partial charge >= 0.3 is 0 Å². The van der Waals surface area contributed by atoms with Crippen molar-refractivity contribution in [2.45, 2.75) is 12.5 Å². The van der Waals surface area contributed by atoms with Crippen LogP contribution >= 0.6 is 0 Å². The molecule has 0 saturated heterocycles. The molecular formula is C19H21NO5. The molecule has 0 unspecified atom stereocenters. The Labute approximate surface area is 146 Å². The van der Waals surface area contributed by atoms with E-state index in [2.05, 4.69) is 5.32 Å². The van der Waals surface area contributed by atoms with Crippen molar-refractivity contribution in [3.8, 4) is 17.2 Å². The van der Waals surface area contributed by atoms with E-state index in [0.29, 0.717) is 17.7 Å². The van der Waals surface area contributed by atoms with E-state index in [4.69, 9.17) is 4.74 Å². The number of carbonyl (C=O) groups is 1. The molecule has 0 radical (unpaired) electrons. The summed E-state index contributed by atoms with van der Waals surface area (Å²) in [7, 11) is 1.47. The fraction of sp³-hybridized carbons (Fsp3) is 0.211. The molecule has 4 N–H and O–H groups in total. The molecule has 0 aliphatic heterocycles. The number of ether oxygens (including phenoxy) is 1. The average Bonchev–Trinajstić information content (AvgIpc) is 2.61.